The van der Waals surface area contributed by atoms with Crippen molar-refractivity contribution in [3.8, 4) is 17.0 Å². The summed E-state index contributed by atoms with van der Waals surface area (Å²) in [4.78, 5) is 10.1. The molecule has 1 N–H and O–H groups in total. The zero-order chi connectivity index (χ0) is 21.9. The van der Waals surface area contributed by atoms with Gasteiger partial charge in [0.1, 0.15) is 11.4 Å². The molecule has 6 rings (SSSR count). The molecule has 1 aromatic heterocycles. The van der Waals surface area contributed by atoms with Gasteiger partial charge in [0.15, 0.2) is 0 Å². The van der Waals surface area contributed by atoms with Gasteiger partial charge >= 0.3 is 0 Å². The van der Waals surface area contributed by atoms with Crippen LogP contribution in [0.15, 0.2) is 78.9 Å². The fourth-order valence-electron chi connectivity index (χ4n) is 5.78. The molecule has 1 fully saturated rings. The summed E-state index contributed by atoms with van der Waals surface area (Å²) in [6.07, 6.45) is 2.28. The van der Waals surface area contributed by atoms with Gasteiger partial charge in [-0.15, -0.1) is 0 Å². The number of aromatic nitrogens is 1. The quantitative estimate of drug-likeness (QED) is 0.419. The minimum Gasteiger partial charge on any atom is -0.507 e. The van der Waals surface area contributed by atoms with Gasteiger partial charge in [0.25, 0.3) is 0 Å². The molecule has 3 heterocycles. The molecule has 4 aromatic rings. The molecule has 4 heteroatoms. The van der Waals surface area contributed by atoms with E-state index in [-0.39, 0.29) is 11.4 Å². The topological polar surface area (TPSA) is 39.6 Å². The number of rotatable bonds is 3. The SMILES string of the molecule is C[C@@H]1CC[C@]2(C)N(Cc3cccc(-c4ccccc4O)n3)c3cccc4cccc(c34)N12. The number of para-hydroxylation sites is 1. The van der Waals surface area contributed by atoms with Crippen molar-refractivity contribution in [1.29, 1.82) is 0 Å². The average molecular weight is 422 g/mol. The predicted molar refractivity (Wildman–Crippen MR) is 131 cm³/mol. The zero-order valence-corrected chi connectivity index (χ0v) is 18.5. The van der Waals surface area contributed by atoms with Crippen LogP contribution in [0.3, 0.4) is 0 Å². The van der Waals surface area contributed by atoms with Crippen LogP contribution in [0.25, 0.3) is 22.0 Å². The Morgan fingerprint density at radius 1 is 0.938 bits per heavy atom. The molecule has 0 amide bonds. The van der Waals surface area contributed by atoms with E-state index < -0.39 is 0 Å². The summed E-state index contributed by atoms with van der Waals surface area (Å²) in [5.41, 5.74) is 5.09. The van der Waals surface area contributed by atoms with Crippen LogP contribution in [0.1, 0.15) is 32.4 Å². The largest absolute Gasteiger partial charge is 0.507 e. The summed E-state index contributed by atoms with van der Waals surface area (Å²) in [5.74, 6) is 0.261. The van der Waals surface area contributed by atoms with Crippen molar-refractivity contribution in [3.05, 3.63) is 84.6 Å². The number of pyridine rings is 1. The lowest BCUT2D eigenvalue weighted by molar-refractivity contribution is 0.419. The molecule has 3 aromatic carbocycles. The maximum Gasteiger partial charge on any atom is 0.124 e. The Kier molecular flexibility index (Phi) is 4.19. The summed E-state index contributed by atoms with van der Waals surface area (Å²) >= 11 is 0. The van der Waals surface area contributed by atoms with Gasteiger partial charge in [-0.25, -0.2) is 0 Å². The van der Waals surface area contributed by atoms with Crippen molar-refractivity contribution >= 4 is 22.1 Å². The highest BCUT2D eigenvalue weighted by Gasteiger charge is 2.49. The third kappa shape index (κ3) is 2.72. The summed E-state index contributed by atoms with van der Waals surface area (Å²) in [5, 5.41) is 12.9. The molecule has 2 aliphatic heterocycles. The summed E-state index contributed by atoms with van der Waals surface area (Å²) in [7, 11) is 0. The number of anilines is 2. The van der Waals surface area contributed by atoms with Gasteiger partial charge in [0.2, 0.25) is 0 Å². The van der Waals surface area contributed by atoms with Gasteiger partial charge in [0.05, 0.1) is 17.9 Å². The first-order valence-electron chi connectivity index (χ1n) is 11.4. The molecule has 0 aliphatic carbocycles. The molecule has 0 radical (unpaired) electrons. The lowest BCUT2D eigenvalue weighted by Crippen LogP contribution is -2.59. The average Bonchev–Trinajstić information content (AvgIpc) is 3.12. The fourth-order valence-corrected chi connectivity index (χ4v) is 5.78. The van der Waals surface area contributed by atoms with Crippen molar-refractivity contribution in [2.24, 2.45) is 0 Å². The van der Waals surface area contributed by atoms with Gasteiger partial charge in [-0.05, 0) is 68.5 Å². The van der Waals surface area contributed by atoms with Crippen molar-refractivity contribution in [2.45, 2.75) is 44.9 Å². The second-order valence-electron chi connectivity index (χ2n) is 9.24. The van der Waals surface area contributed by atoms with Crippen LogP contribution in [0.4, 0.5) is 11.4 Å². The third-order valence-corrected chi connectivity index (χ3v) is 7.29. The molecule has 160 valence electrons. The Labute approximate surface area is 188 Å². The maximum atomic E-state index is 10.3. The van der Waals surface area contributed by atoms with E-state index in [0.29, 0.717) is 12.6 Å². The van der Waals surface area contributed by atoms with Crippen LogP contribution in [0, 0.1) is 0 Å². The van der Waals surface area contributed by atoms with Crippen LogP contribution < -0.4 is 9.80 Å². The molecule has 0 unspecified atom stereocenters. The van der Waals surface area contributed by atoms with Crippen LogP contribution >= 0.6 is 0 Å². The van der Waals surface area contributed by atoms with Gasteiger partial charge in [-0.3, -0.25) is 4.98 Å². The number of hydrogen-bond donors (Lipinski definition) is 1. The molecule has 0 spiro atoms. The minimum absolute atomic E-state index is 0.103. The van der Waals surface area contributed by atoms with E-state index in [4.69, 9.17) is 4.98 Å². The molecule has 0 bridgehead atoms. The normalized spacial score (nSPS) is 21.8. The molecule has 1 saturated heterocycles. The van der Waals surface area contributed by atoms with E-state index in [1.165, 1.54) is 28.6 Å². The first kappa shape index (κ1) is 19.2. The number of phenolic OH excluding ortho intramolecular Hbond substituents is 1. The van der Waals surface area contributed by atoms with Crippen molar-refractivity contribution in [1.82, 2.24) is 4.98 Å². The highest BCUT2D eigenvalue weighted by Crippen LogP contribution is 2.51. The lowest BCUT2D eigenvalue weighted by atomic mass is 9.95. The fraction of sp³-hybridized carbons (Fsp3) is 0.250. The highest BCUT2D eigenvalue weighted by molar-refractivity contribution is 6.06. The number of aromatic hydroxyl groups is 1. The Hall–Kier alpha value is -3.53. The minimum atomic E-state index is -0.103. The predicted octanol–water partition coefficient (Wildman–Crippen LogP) is 6.33. The highest BCUT2D eigenvalue weighted by atomic mass is 16.3. The molecule has 32 heavy (non-hydrogen) atoms. The number of nitrogens with zero attached hydrogens (tertiary/aromatic N) is 3. The lowest BCUT2D eigenvalue weighted by Gasteiger charge is -2.52. The van der Waals surface area contributed by atoms with Gasteiger partial charge in [-0.2, -0.15) is 0 Å². The smallest absolute Gasteiger partial charge is 0.124 e. The van der Waals surface area contributed by atoms with Crippen molar-refractivity contribution in [2.75, 3.05) is 9.80 Å². The number of hydrogen-bond acceptors (Lipinski definition) is 4. The molecular weight excluding hydrogens is 394 g/mol. The van der Waals surface area contributed by atoms with E-state index >= 15 is 0 Å². The van der Waals surface area contributed by atoms with Gasteiger partial charge in [0, 0.05) is 28.4 Å². The van der Waals surface area contributed by atoms with E-state index in [9.17, 15) is 5.11 Å². The van der Waals surface area contributed by atoms with Crippen LogP contribution in [0.5, 0.6) is 5.75 Å². The van der Waals surface area contributed by atoms with Crippen LogP contribution in [-0.2, 0) is 6.54 Å². The molecular formula is C28H27N3O. The van der Waals surface area contributed by atoms with Crippen LogP contribution in [-0.4, -0.2) is 21.8 Å². The van der Waals surface area contributed by atoms with Crippen LogP contribution in [0.2, 0.25) is 0 Å². The first-order chi connectivity index (χ1) is 15.6. The zero-order valence-electron chi connectivity index (χ0n) is 18.5. The summed E-state index contributed by atoms with van der Waals surface area (Å²) in [6.45, 7) is 5.43. The molecule has 4 nitrogen and oxygen atoms in total. The standard InChI is InChI=1S/C28H27N3O/c1-19-16-17-28(2)30(24-13-5-8-20-9-6-14-25(27(20)24)31(19)28)18-21-10-7-12-23(29-21)22-11-3-4-15-26(22)32/h3-15,19,32H,16-18H2,1-2H3/t19-,28-/m1/s1. The second-order valence-corrected chi connectivity index (χ2v) is 9.24. The van der Waals surface area contributed by atoms with Gasteiger partial charge < -0.3 is 14.9 Å². The van der Waals surface area contributed by atoms with Gasteiger partial charge in [-0.1, -0.05) is 42.5 Å². The summed E-state index contributed by atoms with van der Waals surface area (Å²) in [6, 6.07) is 27.3. The van der Waals surface area contributed by atoms with E-state index in [2.05, 4.69) is 66.1 Å². The summed E-state index contributed by atoms with van der Waals surface area (Å²) < 4.78 is 0. The van der Waals surface area contributed by atoms with E-state index in [0.717, 1.165) is 23.4 Å². The Balaban J connectivity index is 1.48. The Morgan fingerprint density at radius 2 is 1.69 bits per heavy atom. The number of phenols is 1. The second kappa shape index (κ2) is 6.99. The monoisotopic (exact) mass is 421 g/mol. The third-order valence-electron chi connectivity index (χ3n) is 7.29. The molecule has 2 aliphatic rings. The Bertz CT molecular complexity index is 1330. The van der Waals surface area contributed by atoms with Crippen molar-refractivity contribution in [3.63, 3.8) is 0 Å². The first-order valence-corrected chi connectivity index (χ1v) is 11.4. The number of benzene rings is 3. The van der Waals surface area contributed by atoms with E-state index in [1.54, 1.807) is 6.07 Å². The van der Waals surface area contributed by atoms with E-state index in [1.807, 2.05) is 30.3 Å². The molecule has 0 saturated carbocycles. The Morgan fingerprint density at radius 3 is 2.50 bits per heavy atom. The van der Waals surface area contributed by atoms with Crippen molar-refractivity contribution < 1.29 is 5.11 Å². The molecule has 2 atom stereocenters. The number of fused-ring (bicyclic) bond motifs is 2. The maximum absolute atomic E-state index is 10.3.